The van der Waals surface area contributed by atoms with E-state index in [9.17, 15) is 0 Å². The highest BCUT2D eigenvalue weighted by molar-refractivity contribution is 7.99. The number of ether oxygens (including phenoxy) is 2. The van der Waals surface area contributed by atoms with E-state index in [1.807, 2.05) is 43.3 Å². The van der Waals surface area contributed by atoms with Gasteiger partial charge in [-0.15, -0.1) is 15.3 Å². The van der Waals surface area contributed by atoms with E-state index < -0.39 is 0 Å². The number of aromatic nitrogens is 7. The van der Waals surface area contributed by atoms with Crippen molar-refractivity contribution < 1.29 is 9.47 Å². The number of methoxy groups -OCH3 is 2. The van der Waals surface area contributed by atoms with Gasteiger partial charge in [-0.25, -0.2) is 15.1 Å². The number of anilines is 1. The highest BCUT2D eigenvalue weighted by atomic mass is 32.2. The first-order valence-corrected chi connectivity index (χ1v) is 10.6. The van der Waals surface area contributed by atoms with Gasteiger partial charge in [-0.2, -0.15) is 4.98 Å². The molecule has 12 heteroatoms. The van der Waals surface area contributed by atoms with Crippen LogP contribution in [0.4, 0.5) is 11.9 Å². The monoisotopic (exact) mass is 461 g/mol. The predicted molar refractivity (Wildman–Crippen MR) is 125 cm³/mol. The summed E-state index contributed by atoms with van der Waals surface area (Å²) in [5.74, 6) is 1.90. The topological polar surface area (TPSA) is 141 Å². The summed E-state index contributed by atoms with van der Waals surface area (Å²) in [6.45, 7) is 2.01. The lowest BCUT2D eigenvalue weighted by atomic mass is 10.2. The molecule has 0 saturated heterocycles. The van der Waals surface area contributed by atoms with Crippen molar-refractivity contribution in [2.75, 3.05) is 20.0 Å². The molecule has 11 nitrogen and oxygen atoms in total. The summed E-state index contributed by atoms with van der Waals surface area (Å²) >= 11 is 1.25. The van der Waals surface area contributed by atoms with Gasteiger partial charge >= 0.3 is 0 Å². The number of aromatic amines is 1. The van der Waals surface area contributed by atoms with Crippen LogP contribution in [0.25, 0.3) is 16.7 Å². The molecule has 2 aromatic carbocycles. The fourth-order valence-electron chi connectivity index (χ4n) is 3.30. The van der Waals surface area contributed by atoms with Gasteiger partial charge in [0.1, 0.15) is 5.03 Å². The molecule has 0 aliphatic carbocycles. The van der Waals surface area contributed by atoms with Crippen LogP contribution < -0.4 is 15.2 Å². The summed E-state index contributed by atoms with van der Waals surface area (Å²) in [6, 6.07) is 11.4. The van der Waals surface area contributed by atoms with Crippen molar-refractivity contribution >= 4 is 46.6 Å². The largest absolute Gasteiger partial charge is 0.493 e. The maximum Gasteiger partial charge on any atom is 0.246 e. The zero-order valence-corrected chi connectivity index (χ0v) is 18.8. The number of benzene rings is 2. The van der Waals surface area contributed by atoms with Crippen LogP contribution in [0.5, 0.6) is 11.5 Å². The Labute approximate surface area is 192 Å². The molecule has 166 valence electrons. The summed E-state index contributed by atoms with van der Waals surface area (Å²) in [6.07, 6.45) is 1.66. The number of nitrogen functional groups attached to an aromatic ring is 1. The maximum atomic E-state index is 6.07. The van der Waals surface area contributed by atoms with Gasteiger partial charge in [0.15, 0.2) is 17.1 Å². The third-order valence-electron chi connectivity index (χ3n) is 4.86. The fourth-order valence-corrected chi connectivity index (χ4v) is 4.07. The number of hydrogen-bond acceptors (Lipinski definition) is 10. The number of hydrogen-bond donors (Lipinski definition) is 2. The second kappa shape index (κ2) is 8.39. The van der Waals surface area contributed by atoms with Crippen LogP contribution in [0.3, 0.4) is 0 Å². The van der Waals surface area contributed by atoms with Crippen LogP contribution in [-0.2, 0) is 0 Å². The Balaban J connectivity index is 1.43. The van der Waals surface area contributed by atoms with Crippen molar-refractivity contribution in [1.29, 1.82) is 0 Å². The lowest BCUT2D eigenvalue weighted by molar-refractivity contribution is 0.355. The van der Waals surface area contributed by atoms with Crippen LogP contribution in [0.2, 0.25) is 0 Å². The van der Waals surface area contributed by atoms with E-state index in [2.05, 4.69) is 30.4 Å². The van der Waals surface area contributed by atoms with E-state index in [4.69, 9.17) is 20.2 Å². The second-order valence-electron chi connectivity index (χ2n) is 7.04. The van der Waals surface area contributed by atoms with E-state index in [0.29, 0.717) is 39.2 Å². The highest BCUT2D eigenvalue weighted by Gasteiger charge is 2.16. The molecule has 0 aliphatic rings. The Kier molecular flexibility index (Phi) is 5.26. The first kappa shape index (κ1) is 20.7. The SMILES string of the molecule is COc1ccc(C=Nc2nc(Sc3nc4ccc(C)cc4n4c(N)nnc34)n[nH]2)cc1OC. The average Bonchev–Trinajstić information content (AvgIpc) is 3.44. The molecule has 5 aromatic rings. The minimum atomic E-state index is 0.292. The Morgan fingerprint density at radius 2 is 1.91 bits per heavy atom. The van der Waals surface area contributed by atoms with Crippen LogP contribution in [0.15, 0.2) is 51.6 Å². The van der Waals surface area contributed by atoms with Crippen LogP contribution >= 0.6 is 11.8 Å². The smallest absolute Gasteiger partial charge is 0.246 e. The molecule has 3 N–H and O–H groups in total. The summed E-state index contributed by atoms with van der Waals surface area (Å²) in [7, 11) is 3.17. The number of rotatable bonds is 6. The second-order valence-corrected chi connectivity index (χ2v) is 8.00. The molecule has 0 unspecified atom stereocenters. The van der Waals surface area contributed by atoms with E-state index >= 15 is 0 Å². The van der Waals surface area contributed by atoms with Crippen LogP contribution in [0.1, 0.15) is 11.1 Å². The summed E-state index contributed by atoms with van der Waals surface area (Å²) in [4.78, 5) is 13.5. The number of fused-ring (bicyclic) bond motifs is 3. The third kappa shape index (κ3) is 3.91. The molecule has 0 atom stereocenters. The van der Waals surface area contributed by atoms with E-state index in [1.54, 1.807) is 24.8 Å². The molecule has 3 aromatic heterocycles. The Bertz CT molecular complexity index is 1510. The standard InChI is InChI=1S/C21H19N9O2S/c1-11-4-6-13-14(8-11)30-17(26-27-19(30)22)18(24-13)33-21-25-20(28-29-21)23-10-12-5-7-15(31-2)16(9-12)32-3/h4-10H,1-3H3,(H2,22,27)(H,25,28,29). The van der Waals surface area contributed by atoms with Crippen LogP contribution in [0, 0.1) is 6.92 Å². The van der Waals surface area contributed by atoms with Crippen LogP contribution in [-0.4, -0.2) is 55.2 Å². The van der Waals surface area contributed by atoms with Gasteiger partial charge < -0.3 is 15.2 Å². The summed E-state index contributed by atoms with van der Waals surface area (Å²) in [5, 5.41) is 16.3. The van der Waals surface area contributed by atoms with Crippen molar-refractivity contribution in [3.8, 4) is 11.5 Å². The van der Waals surface area contributed by atoms with Crippen molar-refractivity contribution in [3.05, 3.63) is 47.5 Å². The predicted octanol–water partition coefficient (Wildman–Crippen LogP) is 3.21. The number of nitrogens with zero attached hydrogens (tertiary/aromatic N) is 7. The maximum absolute atomic E-state index is 6.07. The zero-order valence-electron chi connectivity index (χ0n) is 18.0. The first-order valence-electron chi connectivity index (χ1n) is 9.83. The Hall–Kier alpha value is -4.19. The third-order valence-corrected chi connectivity index (χ3v) is 5.69. The highest BCUT2D eigenvalue weighted by Crippen LogP contribution is 2.31. The van der Waals surface area contributed by atoms with Gasteiger partial charge in [-0.05, 0) is 60.1 Å². The molecule has 5 rings (SSSR count). The normalized spacial score (nSPS) is 11.6. The number of nitrogens with two attached hydrogens (primary N) is 1. The lowest BCUT2D eigenvalue weighted by Gasteiger charge is -2.07. The molecule has 0 spiro atoms. The number of aryl methyl sites for hydroxylation is 1. The van der Waals surface area contributed by atoms with Crippen molar-refractivity contribution in [2.24, 2.45) is 4.99 Å². The molecule has 0 fully saturated rings. The number of H-pyrrole nitrogens is 1. The molecule has 0 aliphatic heterocycles. The van der Waals surface area contributed by atoms with E-state index in [0.717, 1.165) is 22.2 Å². The fraction of sp³-hybridized carbons (Fsp3) is 0.143. The quantitative estimate of drug-likeness (QED) is 0.364. The van der Waals surface area contributed by atoms with E-state index in [-0.39, 0.29) is 0 Å². The molecular weight excluding hydrogens is 442 g/mol. The minimum Gasteiger partial charge on any atom is -0.493 e. The Morgan fingerprint density at radius 1 is 1.06 bits per heavy atom. The van der Waals surface area contributed by atoms with Gasteiger partial charge in [-0.3, -0.25) is 4.40 Å². The summed E-state index contributed by atoms with van der Waals surface area (Å²) in [5.41, 5.74) is 10.1. The molecule has 0 radical (unpaired) electrons. The number of aliphatic imine (C=N–C) groups is 1. The summed E-state index contributed by atoms with van der Waals surface area (Å²) < 4.78 is 12.3. The molecule has 33 heavy (non-hydrogen) atoms. The molecule has 0 amide bonds. The number of nitrogens with one attached hydrogen (secondary N) is 1. The average molecular weight is 462 g/mol. The Morgan fingerprint density at radius 3 is 2.73 bits per heavy atom. The first-order chi connectivity index (χ1) is 16.1. The van der Waals surface area contributed by atoms with Gasteiger partial charge in [0.25, 0.3) is 0 Å². The van der Waals surface area contributed by atoms with Gasteiger partial charge in [0.2, 0.25) is 17.1 Å². The molecule has 3 heterocycles. The van der Waals surface area contributed by atoms with Crippen molar-refractivity contribution in [1.82, 2.24) is 34.8 Å². The van der Waals surface area contributed by atoms with Gasteiger partial charge in [0.05, 0.1) is 25.3 Å². The molecule has 0 saturated carbocycles. The minimum absolute atomic E-state index is 0.292. The van der Waals surface area contributed by atoms with Crippen molar-refractivity contribution in [2.45, 2.75) is 17.1 Å². The molecule has 0 bridgehead atoms. The van der Waals surface area contributed by atoms with Gasteiger partial charge in [-0.1, -0.05) is 6.07 Å². The zero-order chi connectivity index (χ0) is 22.9. The lowest BCUT2D eigenvalue weighted by Crippen LogP contribution is -1.99. The van der Waals surface area contributed by atoms with Crippen molar-refractivity contribution in [3.63, 3.8) is 0 Å². The van der Waals surface area contributed by atoms with Gasteiger partial charge in [0, 0.05) is 6.21 Å². The van der Waals surface area contributed by atoms with E-state index in [1.165, 1.54) is 11.8 Å². The molecular formula is C21H19N9O2S.